The smallest absolute Gasteiger partial charge is 0.185 e. The number of imidazole rings is 1. The molecule has 0 bridgehead atoms. The monoisotopic (exact) mass is 350 g/mol. The summed E-state index contributed by atoms with van der Waals surface area (Å²) in [5.41, 5.74) is 1.49. The molecule has 3 rings (SSSR count). The Labute approximate surface area is 149 Å². The molecule has 130 valence electrons. The number of halogens is 1. The summed E-state index contributed by atoms with van der Waals surface area (Å²) in [4.78, 5) is 8.47. The molecule has 0 aliphatic heterocycles. The summed E-state index contributed by atoms with van der Waals surface area (Å²) < 4.78 is 25.3. The third kappa shape index (κ3) is 3.39. The van der Waals surface area contributed by atoms with Gasteiger partial charge in [0.1, 0.15) is 29.7 Å². The van der Waals surface area contributed by atoms with Gasteiger partial charge in [0.25, 0.3) is 0 Å². The minimum Gasteiger partial charge on any atom is -0.497 e. The van der Waals surface area contributed by atoms with E-state index in [-0.39, 0.29) is 11.5 Å². The maximum absolute atomic E-state index is 13.2. The van der Waals surface area contributed by atoms with Crippen molar-refractivity contribution in [3.63, 3.8) is 0 Å². The van der Waals surface area contributed by atoms with Crippen LogP contribution in [0.2, 0.25) is 0 Å². The molecule has 1 heterocycles. The van der Waals surface area contributed by atoms with Crippen LogP contribution in [0, 0.1) is 17.1 Å². The van der Waals surface area contributed by atoms with E-state index in [1.807, 2.05) is 6.07 Å². The highest BCUT2D eigenvalue weighted by Gasteiger charge is 2.12. The van der Waals surface area contributed by atoms with Crippen molar-refractivity contribution in [3.8, 4) is 23.3 Å². The molecule has 2 aromatic carbocycles. The zero-order valence-corrected chi connectivity index (χ0v) is 14.2. The van der Waals surface area contributed by atoms with Crippen LogP contribution in [0.25, 0.3) is 5.69 Å². The second-order valence-corrected chi connectivity index (χ2v) is 5.24. The van der Waals surface area contributed by atoms with Crippen molar-refractivity contribution in [1.29, 1.82) is 5.26 Å². The molecule has 7 heteroatoms. The molecule has 0 radical (unpaired) electrons. The van der Waals surface area contributed by atoms with Crippen LogP contribution >= 0.6 is 0 Å². The van der Waals surface area contributed by atoms with E-state index in [4.69, 9.17) is 9.47 Å². The van der Waals surface area contributed by atoms with Gasteiger partial charge in [-0.05, 0) is 42.5 Å². The average Bonchev–Trinajstić information content (AvgIpc) is 3.09. The Hall–Kier alpha value is -3.66. The van der Waals surface area contributed by atoms with Crippen LogP contribution in [-0.4, -0.2) is 30.0 Å². The van der Waals surface area contributed by atoms with Crippen molar-refractivity contribution < 1.29 is 13.9 Å². The van der Waals surface area contributed by atoms with Gasteiger partial charge in [0, 0.05) is 17.5 Å². The second kappa shape index (κ2) is 7.49. The summed E-state index contributed by atoms with van der Waals surface area (Å²) in [7, 11) is 3.13. The highest BCUT2D eigenvalue weighted by molar-refractivity contribution is 5.86. The molecule has 0 unspecified atom stereocenters. The summed E-state index contributed by atoms with van der Waals surface area (Å²) in [6.45, 7) is 0. The molecular formula is C19H15FN4O2. The summed E-state index contributed by atoms with van der Waals surface area (Å²) in [5.74, 6) is 1.25. The molecule has 26 heavy (non-hydrogen) atoms. The number of aromatic nitrogens is 2. The van der Waals surface area contributed by atoms with Gasteiger partial charge in [0.15, 0.2) is 11.5 Å². The lowest BCUT2D eigenvalue weighted by molar-refractivity contribution is 0.402. The minimum absolute atomic E-state index is 0.160. The van der Waals surface area contributed by atoms with Crippen molar-refractivity contribution in [1.82, 2.24) is 9.55 Å². The van der Waals surface area contributed by atoms with Crippen LogP contribution in [0.1, 0.15) is 11.3 Å². The van der Waals surface area contributed by atoms with Crippen LogP contribution < -0.4 is 9.47 Å². The van der Waals surface area contributed by atoms with Gasteiger partial charge < -0.3 is 9.47 Å². The zero-order chi connectivity index (χ0) is 18.5. The van der Waals surface area contributed by atoms with Crippen LogP contribution in [-0.2, 0) is 0 Å². The van der Waals surface area contributed by atoms with E-state index in [0.717, 1.165) is 0 Å². The molecule has 6 nitrogen and oxygen atoms in total. The Morgan fingerprint density at radius 3 is 2.58 bits per heavy atom. The molecule has 0 saturated heterocycles. The Morgan fingerprint density at radius 1 is 1.15 bits per heavy atom. The van der Waals surface area contributed by atoms with Crippen LogP contribution in [0.15, 0.2) is 53.8 Å². The lowest BCUT2D eigenvalue weighted by Crippen LogP contribution is -1.95. The molecule has 0 aliphatic rings. The molecule has 0 saturated carbocycles. The maximum Gasteiger partial charge on any atom is 0.185 e. The fourth-order valence-electron chi connectivity index (χ4n) is 2.41. The van der Waals surface area contributed by atoms with Gasteiger partial charge in [-0.25, -0.2) is 14.4 Å². The number of hydrogen-bond acceptors (Lipinski definition) is 5. The summed E-state index contributed by atoms with van der Waals surface area (Å²) >= 11 is 0. The SMILES string of the molecule is COc1ccc(OC)c(/C=N/c2c(C#N)ncn2-c2ccc(F)cc2)c1. The molecule has 0 amide bonds. The largest absolute Gasteiger partial charge is 0.497 e. The standard InChI is InChI=1S/C19H15FN4O2/c1-25-16-7-8-18(26-2)13(9-16)11-22-19-17(10-21)23-12-24(19)15-5-3-14(20)4-6-15/h3-9,11-12H,1-2H3/b22-11+. The predicted molar refractivity (Wildman–Crippen MR) is 95.0 cm³/mol. The molecule has 0 fully saturated rings. The highest BCUT2D eigenvalue weighted by atomic mass is 19.1. The van der Waals surface area contributed by atoms with Gasteiger partial charge in [-0.2, -0.15) is 5.26 Å². The first-order chi connectivity index (χ1) is 12.7. The van der Waals surface area contributed by atoms with E-state index in [2.05, 4.69) is 9.98 Å². The Morgan fingerprint density at radius 2 is 1.92 bits per heavy atom. The quantitative estimate of drug-likeness (QED) is 0.659. The minimum atomic E-state index is -0.347. The van der Waals surface area contributed by atoms with Gasteiger partial charge in [-0.3, -0.25) is 4.57 Å². The summed E-state index contributed by atoms with van der Waals surface area (Å²) in [5, 5.41) is 9.30. The van der Waals surface area contributed by atoms with E-state index in [9.17, 15) is 9.65 Å². The van der Waals surface area contributed by atoms with Crippen molar-refractivity contribution in [2.45, 2.75) is 0 Å². The van der Waals surface area contributed by atoms with Gasteiger partial charge in [-0.1, -0.05) is 0 Å². The first-order valence-electron chi connectivity index (χ1n) is 7.65. The van der Waals surface area contributed by atoms with Crippen molar-refractivity contribution in [2.24, 2.45) is 4.99 Å². The normalized spacial score (nSPS) is 10.7. The Bertz CT molecular complexity index is 988. The third-order valence-electron chi connectivity index (χ3n) is 3.72. The van der Waals surface area contributed by atoms with E-state index >= 15 is 0 Å². The van der Waals surface area contributed by atoms with Crippen LogP contribution in [0.3, 0.4) is 0 Å². The van der Waals surface area contributed by atoms with E-state index < -0.39 is 0 Å². The highest BCUT2D eigenvalue weighted by Crippen LogP contribution is 2.26. The van der Waals surface area contributed by atoms with Crippen molar-refractivity contribution in [3.05, 3.63) is 65.9 Å². The number of methoxy groups -OCH3 is 2. The van der Waals surface area contributed by atoms with Gasteiger partial charge in [0.2, 0.25) is 0 Å². The number of benzene rings is 2. The summed E-state index contributed by atoms with van der Waals surface area (Å²) in [6.07, 6.45) is 3.04. The molecule has 3 aromatic rings. The molecule has 0 aliphatic carbocycles. The molecule has 0 spiro atoms. The van der Waals surface area contributed by atoms with Crippen LogP contribution in [0.5, 0.6) is 11.5 Å². The molecular weight excluding hydrogens is 335 g/mol. The van der Waals surface area contributed by atoms with Gasteiger partial charge >= 0.3 is 0 Å². The van der Waals surface area contributed by atoms with Gasteiger partial charge in [-0.15, -0.1) is 0 Å². The topological polar surface area (TPSA) is 72.4 Å². The van der Waals surface area contributed by atoms with Gasteiger partial charge in [0.05, 0.1) is 14.2 Å². The number of aliphatic imine (C=N–C) groups is 1. The van der Waals surface area contributed by atoms with Crippen molar-refractivity contribution in [2.75, 3.05) is 14.2 Å². The number of nitriles is 1. The molecule has 0 atom stereocenters. The third-order valence-corrected chi connectivity index (χ3v) is 3.72. The van der Waals surface area contributed by atoms with Crippen molar-refractivity contribution >= 4 is 12.0 Å². The number of ether oxygens (including phenoxy) is 2. The van der Waals surface area contributed by atoms with E-state index in [0.29, 0.717) is 28.6 Å². The number of hydrogen-bond donors (Lipinski definition) is 0. The first kappa shape index (κ1) is 17.2. The molecule has 0 N–H and O–H groups in total. The fourth-order valence-corrected chi connectivity index (χ4v) is 2.41. The molecule has 1 aromatic heterocycles. The lowest BCUT2D eigenvalue weighted by Gasteiger charge is -2.07. The predicted octanol–water partition coefficient (Wildman–Crippen LogP) is 3.65. The summed E-state index contributed by atoms with van der Waals surface area (Å²) in [6, 6.07) is 13.2. The lowest BCUT2D eigenvalue weighted by atomic mass is 10.2. The van der Waals surface area contributed by atoms with E-state index in [1.54, 1.807) is 55.3 Å². The number of rotatable bonds is 5. The van der Waals surface area contributed by atoms with Crippen LogP contribution in [0.4, 0.5) is 10.2 Å². The first-order valence-corrected chi connectivity index (χ1v) is 7.65. The Kier molecular flexibility index (Phi) is 4.94. The number of nitrogens with zero attached hydrogens (tertiary/aromatic N) is 4. The fraction of sp³-hybridized carbons (Fsp3) is 0.105. The second-order valence-electron chi connectivity index (χ2n) is 5.24. The van der Waals surface area contributed by atoms with E-state index in [1.165, 1.54) is 18.5 Å². The maximum atomic E-state index is 13.2. The zero-order valence-electron chi connectivity index (χ0n) is 14.2. The Balaban J connectivity index is 2.05. The average molecular weight is 350 g/mol.